The third kappa shape index (κ3) is 2.01. The second-order valence-electron chi connectivity index (χ2n) is 1.92. The van der Waals surface area contributed by atoms with Gasteiger partial charge in [0.15, 0.2) is 0 Å². The van der Waals surface area contributed by atoms with Gasteiger partial charge in [-0.15, -0.1) is 0 Å². The van der Waals surface area contributed by atoms with E-state index in [9.17, 15) is 0 Å². The predicted octanol–water partition coefficient (Wildman–Crippen LogP) is 1.62. The Morgan fingerprint density at radius 2 is 2.30 bits per heavy atom. The molecule has 0 spiro atoms. The molecule has 0 fully saturated rings. The zero-order valence-electron chi connectivity index (χ0n) is 6.09. The Hall–Kier alpha value is -0.540. The van der Waals surface area contributed by atoms with Crippen LogP contribution in [0.5, 0.6) is 0 Å². The largest absolute Gasteiger partial charge is 0.262 e. The lowest BCUT2D eigenvalue weighted by atomic mass is 10.4. The quantitative estimate of drug-likeness (QED) is 0.655. The molecule has 1 aromatic rings. The van der Waals surface area contributed by atoms with Crippen LogP contribution in [0.15, 0.2) is 23.2 Å². The van der Waals surface area contributed by atoms with E-state index in [1.54, 1.807) is 0 Å². The van der Waals surface area contributed by atoms with Crippen LogP contribution >= 0.6 is 11.9 Å². The Morgan fingerprint density at radius 1 is 1.50 bits per heavy atom. The van der Waals surface area contributed by atoms with Gasteiger partial charge in [-0.25, -0.2) is 4.98 Å². The fraction of sp³-hybridized carbons (Fsp3) is 0.286. The Kier molecular flexibility index (Phi) is 2.71. The standard InChI is InChI=1S/C7H10N2S/c1-6-4-3-5-7(9-6)10-8-2/h3-5,8H,1-2H3. The van der Waals surface area contributed by atoms with Crippen LogP contribution in [0.25, 0.3) is 0 Å². The van der Waals surface area contributed by atoms with Crippen LogP contribution in [0.3, 0.4) is 0 Å². The highest BCUT2D eigenvalue weighted by Crippen LogP contribution is 2.09. The molecule has 3 heteroatoms. The van der Waals surface area contributed by atoms with E-state index in [1.807, 2.05) is 32.2 Å². The van der Waals surface area contributed by atoms with Gasteiger partial charge in [-0.05, 0) is 38.1 Å². The minimum atomic E-state index is 1.02. The van der Waals surface area contributed by atoms with Gasteiger partial charge in [0, 0.05) is 5.69 Å². The number of nitrogens with zero attached hydrogens (tertiary/aromatic N) is 1. The van der Waals surface area contributed by atoms with Crippen molar-refractivity contribution in [2.75, 3.05) is 7.05 Å². The second-order valence-corrected chi connectivity index (χ2v) is 2.95. The Balaban J connectivity index is 2.75. The van der Waals surface area contributed by atoms with Crippen molar-refractivity contribution in [3.05, 3.63) is 23.9 Å². The first-order valence-corrected chi connectivity index (χ1v) is 3.92. The maximum Gasteiger partial charge on any atom is 0.111 e. The van der Waals surface area contributed by atoms with E-state index in [-0.39, 0.29) is 0 Å². The summed E-state index contributed by atoms with van der Waals surface area (Å²) in [5.74, 6) is 0. The van der Waals surface area contributed by atoms with E-state index in [1.165, 1.54) is 11.9 Å². The maximum absolute atomic E-state index is 4.26. The molecule has 1 heterocycles. The lowest BCUT2D eigenvalue weighted by molar-refractivity contribution is 1.06. The fourth-order valence-electron chi connectivity index (χ4n) is 0.679. The maximum atomic E-state index is 4.26. The van der Waals surface area contributed by atoms with Crippen LogP contribution in [0.1, 0.15) is 5.69 Å². The highest BCUT2D eigenvalue weighted by molar-refractivity contribution is 7.97. The second kappa shape index (κ2) is 3.58. The normalized spacial score (nSPS) is 9.80. The summed E-state index contributed by atoms with van der Waals surface area (Å²) in [6.45, 7) is 1.99. The van der Waals surface area contributed by atoms with Crippen LogP contribution in [0, 0.1) is 6.92 Å². The highest BCUT2D eigenvalue weighted by Gasteiger charge is 1.91. The Morgan fingerprint density at radius 3 is 2.90 bits per heavy atom. The molecule has 0 atom stereocenters. The number of rotatable bonds is 2. The predicted molar refractivity (Wildman–Crippen MR) is 43.9 cm³/mol. The molecule has 0 amide bonds. The molecule has 0 aliphatic carbocycles. The monoisotopic (exact) mass is 154 g/mol. The average Bonchev–Trinajstić information content (AvgIpc) is 1.88. The number of hydrogen-bond donors (Lipinski definition) is 1. The van der Waals surface area contributed by atoms with Crippen molar-refractivity contribution < 1.29 is 0 Å². The van der Waals surface area contributed by atoms with E-state index >= 15 is 0 Å². The Labute approximate surface area is 65.2 Å². The molecule has 1 rings (SSSR count). The number of aryl methyl sites for hydroxylation is 1. The number of pyridine rings is 1. The molecule has 1 aromatic heterocycles. The minimum absolute atomic E-state index is 1.02. The molecule has 10 heavy (non-hydrogen) atoms. The molecule has 0 aliphatic heterocycles. The van der Waals surface area contributed by atoms with Crippen molar-refractivity contribution in [1.82, 2.24) is 9.71 Å². The van der Waals surface area contributed by atoms with Gasteiger partial charge in [-0.2, -0.15) is 0 Å². The third-order valence-electron chi connectivity index (χ3n) is 1.07. The van der Waals surface area contributed by atoms with Gasteiger partial charge in [0.05, 0.1) is 0 Å². The molecule has 1 N–H and O–H groups in total. The molecule has 0 aliphatic rings. The molecule has 0 saturated carbocycles. The van der Waals surface area contributed by atoms with E-state index in [0.29, 0.717) is 0 Å². The molecule has 0 radical (unpaired) electrons. The van der Waals surface area contributed by atoms with Crippen LogP contribution in [-0.4, -0.2) is 12.0 Å². The smallest absolute Gasteiger partial charge is 0.111 e. The molecule has 0 unspecified atom stereocenters. The van der Waals surface area contributed by atoms with Crippen LogP contribution in [-0.2, 0) is 0 Å². The van der Waals surface area contributed by atoms with Gasteiger partial charge in [-0.3, -0.25) is 4.72 Å². The lowest BCUT2D eigenvalue weighted by Gasteiger charge is -1.97. The fourth-order valence-corrected chi connectivity index (χ4v) is 1.22. The summed E-state index contributed by atoms with van der Waals surface area (Å²) in [7, 11) is 1.88. The lowest BCUT2D eigenvalue weighted by Crippen LogP contribution is -1.93. The number of nitrogens with one attached hydrogen (secondary N) is 1. The van der Waals surface area contributed by atoms with Crippen molar-refractivity contribution >= 4 is 11.9 Å². The van der Waals surface area contributed by atoms with Gasteiger partial charge in [-0.1, -0.05) is 6.07 Å². The zero-order chi connectivity index (χ0) is 7.40. The van der Waals surface area contributed by atoms with E-state index in [4.69, 9.17) is 0 Å². The molecule has 0 aromatic carbocycles. The molecule has 2 nitrogen and oxygen atoms in total. The third-order valence-corrected chi connectivity index (χ3v) is 1.71. The van der Waals surface area contributed by atoms with Crippen molar-refractivity contribution in [3.63, 3.8) is 0 Å². The van der Waals surface area contributed by atoms with Gasteiger partial charge in [0.2, 0.25) is 0 Å². The zero-order valence-corrected chi connectivity index (χ0v) is 6.90. The first kappa shape index (κ1) is 7.57. The summed E-state index contributed by atoms with van der Waals surface area (Å²) in [4.78, 5) is 4.26. The summed E-state index contributed by atoms with van der Waals surface area (Å²) in [6.07, 6.45) is 0. The summed E-state index contributed by atoms with van der Waals surface area (Å²) in [5.41, 5.74) is 1.06. The summed E-state index contributed by atoms with van der Waals surface area (Å²) >= 11 is 1.53. The van der Waals surface area contributed by atoms with Crippen LogP contribution in [0.4, 0.5) is 0 Å². The highest BCUT2D eigenvalue weighted by atomic mass is 32.2. The van der Waals surface area contributed by atoms with Crippen molar-refractivity contribution in [2.45, 2.75) is 11.9 Å². The van der Waals surface area contributed by atoms with Gasteiger partial charge >= 0.3 is 0 Å². The first-order chi connectivity index (χ1) is 4.83. The van der Waals surface area contributed by atoms with Crippen molar-refractivity contribution in [3.8, 4) is 0 Å². The summed E-state index contributed by atoms with van der Waals surface area (Å²) in [5, 5.41) is 1.02. The van der Waals surface area contributed by atoms with Gasteiger partial charge in [0.25, 0.3) is 0 Å². The number of hydrogen-bond acceptors (Lipinski definition) is 3. The minimum Gasteiger partial charge on any atom is -0.262 e. The first-order valence-electron chi connectivity index (χ1n) is 3.10. The van der Waals surface area contributed by atoms with E-state index in [0.717, 1.165) is 10.7 Å². The van der Waals surface area contributed by atoms with Crippen molar-refractivity contribution in [2.24, 2.45) is 0 Å². The molecule has 54 valence electrons. The van der Waals surface area contributed by atoms with E-state index in [2.05, 4.69) is 9.71 Å². The average molecular weight is 154 g/mol. The van der Waals surface area contributed by atoms with Crippen LogP contribution < -0.4 is 4.72 Å². The van der Waals surface area contributed by atoms with Gasteiger partial charge < -0.3 is 0 Å². The SMILES string of the molecule is CNSc1cccc(C)n1. The van der Waals surface area contributed by atoms with Gasteiger partial charge in [0.1, 0.15) is 5.03 Å². The molecule has 0 saturated heterocycles. The topological polar surface area (TPSA) is 24.9 Å². The van der Waals surface area contributed by atoms with Crippen molar-refractivity contribution in [1.29, 1.82) is 0 Å². The van der Waals surface area contributed by atoms with E-state index < -0.39 is 0 Å². The summed E-state index contributed by atoms with van der Waals surface area (Å²) < 4.78 is 2.97. The molecular formula is C7H10N2S. The Bertz CT molecular complexity index is 213. The molecule has 0 bridgehead atoms. The molecular weight excluding hydrogens is 144 g/mol. The number of aromatic nitrogens is 1. The summed E-state index contributed by atoms with van der Waals surface area (Å²) in [6, 6.07) is 5.97. The van der Waals surface area contributed by atoms with Crippen LogP contribution in [0.2, 0.25) is 0 Å².